The van der Waals surface area contributed by atoms with Crippen LogP contribution in [0.4, 0.5) is 0 Å². The largest absolute Gasteiger partial charge is 0.496 e. The zero-order chi connectivity index (χ0) is 18.0. The summed E-state index contributed by atoms with van der Waals surface area (Å²) in [6.45, 7) is 0. The van der Waals surface area contributed by atoms with E-state index in [1.165, 1.54) is 36.3 Å². The number of aliphatic hydroxyl groups excluding tert-OH is 1. The molecule has 0 unspecified atom stereocenters. The molecule has 8 nitrogen and oxygen atoms in total. The van der Waals surface area contributed by atoms with Crippen LogP contribution in [0.1, 0.15) is 17.4 Å². The number of aromatic nitrogens is 3. The van der Waals surface area contributed by atoms with Crippen molar-refractivity contribution in [1.82, 2.24) is 14.8 Å². The number of methoxy groups -OCH3 is 1. The molecule has 0 bridgehead atoms. The van der Waals surface area contributed by atoms with Crippen LogP contribution < -0.4 is 10.3 Å². The molecule has 0 aliphatic rings. The highest BCUT2D eigenvalue weighted by atomic mass is 16.5. The lowest BCUT2D eigenvalue weighted by Crippen LogP contribution is -2.17. The van der Waals surface area contributed by atoms with E-state index in [2.05, 4.69) is 10.1 Å². The standard InChI is InChI=1S/C17H14N4O4/c1-25-14-6-10(7-18)2-4-12(14)13-9-20-21(16(13)22)15-5-3-11(8-19-15)17(23)24/h2-6,8-9,17,20,23-24H,1H3. The summed E-state index contributed by atoms with van der Waals surface area (Å²) in [4.78, 5) is 16.7. The fourth-order valence-electron chi connectivity index (χ4n) is 2.40. The normalized spacial score (nSPS) is 10.7. The summed E-state index contributed by atoms with van der Waals surface area (Å²) in [7, 11) is 1.46. The number of ether oxygens (including phenoxy) is 1. The molecule has 0 aliphatic carbocycles. The molecular formula is C17H14N4O4. The lowest BCUT2D eigenvalue weighted by molar-refractivity contribution is -0.0427. The molecule has 2 heterocycles. The third-order valence-electron chi connectivity index (χ3n) is 3.69. The van der Waals surface area contributed by atoms with E-state index in [1.807, 2.05) is 6.07 Å². The summed E-state index contributed by atoms with van der Waals surface area (Å²) >= 11 is 0. The molecule has 3 rings (SSSR count). The minimum absolute atomic E-state index is 0.220. The minimum atomic E-state index is -1.62. The van der Waals surface area contributed by atoms with Crippen LogP contribution in [-0.2, 0) is 0 Å². The Morgan fingerprint density at radius 1 is 1.28 bits per heavy atom. The molecular weight excluding hydrogens is 324 g/mol. The molecule has 0 spiro atoms. The van der Waals surface area contributed by atoms with Crippen LogP contribution >= 0.6 is 0 Å². The van der Waals surface area contributed by atoms with Crippen LogP contribution in [0.5, 0.6) is 5.75 Å². The molecule has 0 aliphatic heterocycles. The summed E-state index contributed by atoms with van der Waals surface area (Å²) in [5.74, 6) is 0.710. The molecule has 0 atom stereocenters. The summed E-state index contributed by atoms with van der Waals surface area (Å²) in [6, 6.07) is 9.77. The average molecular weight is 338 g/mol. The highest BCUT2D eigenvalue weighted by Gasteiger charge is 2.15. The zero-order valence-electron chi connectivity index (χ0n) is 13.2. The third-order valence-corrected chi connectivity index (χ3v) is 3.69. The van der Waals surface area contributed by atoms with Gasteiger partial charge in [0.25, 0.3) is 5.56 Å². The number of nitriles is 1. The molecule has 0 saturated carbocycles. The van der Waals surface area contributed by atoms with Crippen LogP contribution in [0.25, 0.3) is 16.9 Å². The second-order valence-electron chi connectivity index (χ2n) is 5.18. The number of hydrogen-bond donors (Lipinski definition) is 3. The third kappa shape index (κ3) is 3.01. The van der Waals surface area contributed by atoms with Crippen molar-refractivity contribution in [3.8, 4) is 28.8 Å². The predicted molar refractivity (Wildman–Crippen MR) is 88.1 cm³/mol. The molecule has 1 aromatic carbocycles. The smallest absolute Gasteiger partial charge is 0.280 e. The first-order chi connectivity index (χ1) is 12.0. The van der Waals surface area contributed by atoms with Crippen molar-refractivity contribution >= 4 is 0 Å². The van der Waals surface area contributed by atoms with E-state index in [9.17, 15) is 4.79 Å². The highest BCUT2D eigenvalue weighted by molar-refractivity contribution is 5.70. The van der Waals surface area contributed by atoms with Crippen LogP contribution in [0.3, 0.4) is 0 Å². The van der Waals surface area contributed by atoms with Gasteiger partial charge in [-0.1, -0.05) is 0 Å². The molecule has 0 radical (unpaired) electrons. The highest BCUT2D eigenvalue weighted by Crippen LogP contribution is 2.28. The van der Waals surface area contributed by atoms with E-state index in [0.717, 1.165) is 0 Å². The van der Waals surface area contributed by atoms with Gasteiger partial charge in [0, 0.05) is 23.5 Å². The Kier molecular flexibility index (Phi) is 4.35. The lowest BCUT2D eigenvalue weighted by atomic mass is 10.1. The van der Waals surface area contributed by atoms with Crippen LogP contribution in [0.15, 0.2) is 47.5 Å². The zero-order valence-corrected chi connectivity index (χ0v) is 13.2. The Hall–Kier alpha value is -3.41. The maximum Gasteiger partial charge on any atom is 0.280 e. The Morgan fingerprint density at radius 2 is 2.08 bits per heavy atom. The van der Waals surface area contributed by atoms with Gasteiger partial charge in [-0.25, -0.2) is 9.67 Å². The number of benzene rings is 1. The van der Waals surface area contributed by atoms with Gasteiger partial charge in [-0.05, 0) is 30.3 Å². The topological polar surface area (TPSA) is 124 Å². The van der Waals surface area contributed by atoms with Gasteiger partial charge in [0.05, 0.1) is 24.3 Å². The number of nitrogens with zero attached hydrogens (tertiary/aromatic N) is 3. The quantitative estimate of drug-likeness (QED) is 0.612. The number of hydrogen-bond acceptors (Lipinski definition) is 6. The van der Waals surface area contributed by atoms with Gasteiger partial charge in [0.1, 0.15) is 5.75 Å². The molecule has 0 fully saturated rings. The maximum atomic E-state index is 12.7. The van der Waals surface area contributed by atoms with E-state index >= 15 is 0 Å². The van der Waals surface area contributed by atoms with Gasteiger partial charge in [-0.15, -0.1) is 0 Å². The van der Waals surface area contributed by atoms with Crippen molar-refractivity contribution in [3.05, 3.63) is 64.2 Å². The molecule has 0 amide bonds. The van der Waals surface area contributed by atoms with Gasteiger partial charge in [0.15, 0.2) is 12.1 Å². The molecule has 3 N–H and O–H groups in total. The fraction of sp³-hybridized carbons (Fsp3) is 0.118. The number of H-pyrrole nitrogens is 1. The number of aromatic amines is 1. The Balaban J connectivity index is 2.05. The van der Waals surface area contributed by atoms with Crippen molar-refractivity contribution < 1.29 is 14.9 Å². The summed E-state index contributed by atoms with van der Waals surface area (Å²) in [5, 5.41) is 30.0. The first kappa shape index (κ1) is 16.4. The van der Waals surface area contributed by atoms with E-state index in [1.54, 1.807) is 18.2 Å². The van der Waals surface area contributed by atoms with Gasteiger partial charge >= 0.3 is 0 Å². The summed E-state index contributed by atoms with van der Waals surface area (Å²) in [6.07, 6.45) is 1.17. The average Bonchev–Trinajstić information content (AvgIpc) is 3.02. The monoisotopic (exact) mass is 338 g/mol. The van der Waals surface area contributed by atoms with Crippen LogP contribution in [0.2, 0.25) is 0 Å². The summed E-state index contributed by atoms with van der Waals surface area (Å²) in [5.41, 5.74) is 1.19. The van der Waals surface area contributed by atoms with Crippen LogP contribution in [-0.4, -0.2) is 32.1 Å². The fourth-order valence-corrected chi connectivity index (χ4v) is 2.40. The predicted octanol–water partition coefficient (Wildman–Crippen LogP) is 1.09. The molecule has 0 saturated heterocycles. The molecule has 2 aromatic heterocycles. The Bertz CT molecular complexity index is 997. The summed E-state index contributed by atoms with van der Waals surface area (Å²) < 4.78 is 6.49. The van der Waals surface area contributed by atoms with Gasteiger partial charge < -0.3 is 14.9 Å². The van der Waals surface area contributed by atoms with E-state index in [0.29, 0.717) is 28.3 Å². The minimum Gasteiger partial charge on any atom is -0.496 e. The lowest BCUT2D eigenvalue weighted by Gasteiger charge is -2.06. The van der Waals surface area contributed by atoms with Crippen LogP contribution in [0, 0.1) is 11.3 Å². The number of rotatable bonds is 4. The molecule has 126 valence electrons. The molecule has 8 heteroatoms. The van der Waals surface area contributed by atoms with Gasteiger partial charge in [-0.2, -0.15) is 5.26 Å². The van der Waals surface area contributed by atoms with E-state index in [-0.39, 0.29) is 11.1 Å². The van der Waals surface area contributed by atoms with Crippen molar-refractivity contribution in [3.63, 3.8) is 0 Å². The van der Waals surface area contributed by atoms with Gasteiger partial charge in [0.2, 0.25) is 0 Å². The first-order valence-electron chi connectivity index (χ1n) is 7.26. The number of nitrogens with one attached hydrogen (secondary N) is 1. The Morgan fingerprint density at radius 3 is 2.68 bits per heavy atom. The van der Waals surface area contributed by atoms with Gasteiger partial charge in [-0.3, -0.25) is 9.89 Å². The SMILES string of the molecule is COc1cc(C#N)ccc1-c1c[nH]n(-c2ccc(C(O)O)cn2)c1=O. The molecule has 3 aromatic rings. The van der Waals surface area contributed by atoms with Crippen molar-refractivity contribution in [2.75, 3.05) is 7.11 Å². The van der Waals surface area contributed by atoms with E-state index in [4.69, 9.17) is 20.2 Å². The number of aliphatic hydroxyl groups is 2. The second kappa shape index (κ2) is 6.60. The van der Waals surface area contributed by atoms with Crippen molar-refractivity contribution in [2.45, 2.75) is 6.29 Å². The van der Waals surface area contributed by atoms with Crippen molar-refractivity contribution in [2.24, 2.45) is 0 Å². The number of pyridine rings is 1. The first-order valence-corrected chi connectivity index (χ1v) is 7.26. The van der Waals surface area contributed by atoms with E-state index < -0.39 is 6.29 Å². The van der Waals surface area contributed by atoms with Crippen molar-refractivity contribution in [1.29, 1.82) is 5.26 Å². The molecule has 25 heavy (non-hydrogen) atoms. The maximum absolute atomic E-state index is 12.7. The Labute approximate surface area is 142 Å². The second-order valence-corrected chi connectivity index (χ2v) is 5.18.